The maximum absolute atomic E-state index is 13.6. The molecule has 0 atom stereocenters. The highest BCUT2D eigenvalue weighted by Crippen LogP contribution is 2.36. The number of nitrogens with one attached hydrogen (secondary N) is 1. The largest absolute Gasteiger partial charge is 0.358 e. The van der Waals surface area contributed by atoms with Crippen molar-refractivity contribution in [1.29, 1.82) is 0 Å². The number of fused-ring (bicyclic) bond motifs is 2. The van der Waals surface area contributed by atoms with Gasteiger partial charge in [-0.25, -0.2) is 4.39 Å². The van der Waals surface area contributed by atoms with Crippen molar-refractivity contribution in [3.05, 3.63) is 59.1 Å². The summed E-state index contributed by atoms with van der Waals surface area (Å²) in [5.41, 5.74) is 3.35. The first-order valence-corrected chi connectivity index (χ1v) is 7.22. The van der Waals surface area contributed by atoms with E-state index in [0.29, 0.717) is 10.8 Å². The zero-order valence-corrected chi connectivity index (χ0v) is 12.4. The number of rotatable bonds is 1. The van der Waals surface area contributed by atoms with Gasteiger partial charge in [-0.1, -0.05) is 35.9 Å². The predicted octanol–water partition coefficient (Wildman–Crippen LogP) is 4.88. The van der Waals surface area contributed by atoms with Crippen LogP contribution in [0.25, 0.3) is 32.9 Å². The highest BCUT2D eigenvalue weighted by atomic mass is 35.5. The number of aromatic nitrogens is 3. The van der Waals surface area contributed by atoms with Gasteiger partial charge < -0.3 is 4.98 Å². The molecule has 108 valence electrons. The molecular weight excluding hydrogens is 301 g/mol. The Bertz CT molecular complexity index is 1020. The van der Waals surface area contributed by atoms with Crippen molar-refractivity contribution in [3.63, 3.8) is 0 Å². The Morgan fingerprint density at radius 1 is 1.00 bits per heavy atom. The highest BCUT2D eigenvalue weighted by Gasteiger charge is 2.16. The minimum absolute atomic E-state index is 0.279. The lowest BCUT2D eigenvalue weighted by Gasteiger charge is -2.06. The second-order valence-electron chi connectivity index (χ2n) is 5.20. The van der Waals surface area contributed by atoms with Crippen LogP contribution >= 0.6 is 11.6 Å². The maximum atomic E-state index is 13.6. The molecule has 0 unspecified atom stereocenters. The van der Waals surface area contributed by atoms with Crippen molar-refractivity contribution in [2.24, 2.45) is 0 Å². The van der Waals surface area contributed by atoms with Gasteiger partial charge in [0.2, 0.25) is 0 Å². The van der Waals surface area contributed by atoms with E-state index in [0.717, 1.165) is 32.9 Å². The maximum Gasteiger partial charge on any atom is 0.159 e. The number of H-pyrrole nitrogens is 1. The fourth-order valence-corrected chi connectivity index (χ4v) is 3.06. The zero-order valence-electron chi connectivity index (χ0n) is 11.7. The molecule has 0 saturated carbocycles. The first-order chi connectivity index (χ1) is 10.6. The number of halogens is 2. The van der Waals surface area contributed by atoms with E-state index in [4.69, 9.17) is 11.6 Å². The molecule has 0 aliphatic heterocycles. The van der Waals surface area contributed by atoms with Gasteiger partial charge in [-0.3, -0.25) is 0 Å². The van der Waals surface area contributed by atoms with E-state index in [-0.39, 0.29) is 5.82 Å². The summed E-state index contributed by atoms with van der Waals surface area (Å²) in [6, 6.07) is 12.4. The third kappa shape index (κ3) is 1.88. The number of hydrogen-bond acceptors (Lipinski definition) is 2. The molecule has 0 aliphatic carbocycles. The van der Waals surface area contributed by atoms with Gasteiger partial charge in [0.25, 0.3) is 0 Å². The lowest BCUT2D eigenvalue weighted by molar-refractivity contribution is 0.630. The second-order valence-corrected chi connectivity index (χ2v) is 5.56. The summed E-state index contributed by atoms with van der Waals surface area (Å²) in [6.07, 6.45) is 0. The molecule has 0 spiro atoms. The topological polar surface area (TPSA) is 41.6 Å². The van der Waals surface area contributed by atoms with Crippen LogP contribution in [0.3, 0.4) is 0 Å². The standard InChI is InChI=1S/C17H11ClFN3/c1-9-15(13-8-10(19)6-7-14(13)20-9)16-11-4-2-3-5-12(11)17(18)22-21-16/h2-8,20H,1H3. The van der Waals surface area contributed by atoms with Gasteiger partial charge >= 0.3 is 0 Å². The van der Waals surface area contributed by atoms with Crippen LogP contribution in [0.15, 0.2) is 42.5 Å². The van der Waals surface area contributed by atoms with Crippen molar-refractivity contribution in [2.75, 3.05) is 0 Å². The van der Waals surface area contributed by atoms with Crippen LogP contribution in [0.4, 0.5) is 4.39 Å². The molecule has 5 heteroatoms. The van der Waals surface area contributed by atoms with E-state index in [1.807, 2.05) is 31.2 Å². The van der Waals surface area contributed by atoms with Crippen LogP contribution in [0.1, 0.15) is 5.69 Å². The predicted molar refractivity (Wildman–Crippen MR) is 86.5 cm³/mol. The Morgan fingerprint density at radius 3 is 2.59 bits per heavy atom. The van der Waals surface area contributed by atoms with Crippen LogP contribution in [0.5, 0.6) is 0 Å². The molecule has 0 fully saturated rings. The normalized spacial score (nSPS) is 11.4. The van der Waals surface area contributed by atoms with E-state index >= 15 is 0 Å². The average molecular weight is 312 g/mol. The highest BCUT2D eigenvalue weighted by molar-refractivity contribution is 6.34. The van der Waals surface area contributed by atoms with E-state index in [1.54, 1.807) is 6.07 Å². The summed E-state index contributed by atoms with van der Waals surface area (Å²) in [7, 11) is 0. The summed E-state index contributed by atoms with van der Waals surface area (Å²) in [4.78, 5) is 3.26. The van der Waals surface area contributed by atoms with Gasteiger partial charge in [-0.15, -0.1) is 10.2 Å². The smallest absolute Gasteiger partial charge is 0.159 e. The van der Waals surface area contributed by atoms with Crippen LogP contribution in [-0.2, 0) is 0 Å². The van der Waals surface area contributed by atoms with E-state index in [9.17, 15) is 4.39 Å². The fraction of sp³-hybridized carbons (Fsp3) is 0.0588. The second kappa shape index (κ2) is 4.78. The molecule has 22 heavy (non-hydrogen) atoms. The van der Waals surface area contributed by atoms with E-state index < -0.39 is 0 Å². The Hall–Kier alpha value is -2.46. The van der Waals surface area contributed by atoms with Gasteiger partial charge in [0.1, 0.15) is 11.5 Å². The molecule has 3 nitrogen and oxygen atoms in total. The van der Waals surface area contributed by atoms with Gasteiger partial charge in [0.15, 0.2) is 5.15 Å². The molecule has 0 bridgehead atoms. The molecule has 4 aromatic rings. The number of hydrogen-bond donors (Lipinski definition) is 1. The van der Waals surface area contributed by atoms with Gasteiger partial charge in [0, 0.05) is 32.9 Å². The quantitative estimate of drug-likeness (QED) is 0.544. The Kier molecular flexibility index (Phi) is 2.87. The van der Waals surface area contributed by atoms with Crippen LogP contribution in [0.2, 0.25) is 5.15 Å². The Labute approximate surface area is 130 Å². The molecule has 2 heterocycles. The van der Waals surface area contributed by atoms with Crippen molar-refractivity contribution in [1.82, 2.24) is 15.2 Å². The van der Waals surface area contributed by atoms with Crippen molar-refractivity contribution in [2.45, 2.75) is 6.92 Å². The first kappa shape index (κ1) is 13.2. The molecule has 0 saturated heterocycles. The van der Waals surface area contributed by atoms with Crippen LogP contribution < -0.4 is 0 Å². The third-order valence-corrected chi connectivity index (χ3v) is 4.11. The lowest BCUT2D eigenvalue weighted by atomic mass is 10.0. The molecule has 1 N–H and O–H groups in total. The SMILES string of the molecule is Cc1[nH]c2ccc(F)cc2c1-c1nnc(Cl)c2ccccc12. The van der Waals surface area contributed by atoms with E-state index in [2.05, 4.69) is 15.2 Å². The van der Waals surface area contributed by atoms with Crippen molar-refractivity contribution >= 4 is 33.3 Å². The molecule has 2 aromatic heterocycles. The zero-order chi connectivity index (χ0) is 15.3. The first-order valence-electron chi connectivity index (χ1n) is 6.84. The number of aromatic amines is 1. The summed E-state index contributed by atoms with van der Waals surface area (Å²) in [5.74, 6) is -0.279. The van der Waals surface area contributed by atoms with Crippen LogP contribution in [0, 0.1) is 12.7 Å². The summed E-state index contributed by atoms with van der Waals surface area (Å²) in [5, 5.41) is 11.2. The van der Waals surface area contributed by atoms with E-state index in [1.165, 1.54) is 12.1 Å². The van der Waals surface area contributed by atoms with Gasteiger partial charge in [0.05, 0.1) is 0 Å². The monoisotopic (exact) mass is 311 g/mol. The molecule has 4 rings (SSSR count). The summed E-state index contributed by atoms with van der Waals surface area (Å²) in [6.45, 7) is 1.94. The Balaban J connectivity index is 2.14. The Morgan fingerprint density at radius 2 is 1.77 bits per heavy atom. The number of benzene rings is 2. The fourth-order valence-electron chi connectivity index (χ4n) is 2.86. The van der Waals surface area contributed by atoms with Gasteiger partial charge in [-0.05, 0) is 25.1 Å². The average Bonchev–Trinajstić information content (AvgIpc) is 2.84. The molecule has 0 radical (unpaired) electrons. The summed E-state index contributed by atoms with van der Waals surface area (Å²) < 4.78 is 13.6. The minimum Gasteiger partial charge on any atom is -0.358 e. The number of nitrogens with zero attached hydrogens (tertiary/aromatic N) is 2. The number of aryl methyl sites for hydroxylation is 1. The van der Waals surface area contributed by atoms with Gasteiger partial charge in [-0.2, -0.15) is 0 Å². The molecular formula is C17H11ClFN3. The minimum atomic E-state index is -0.279. The summed E-state index contributed by atoms with van der Waals surface area (Å²) >= 11 is 6.13. The molecule has 2 aromatic carbocycles. The lowest BCUT2D eigenvalue weighted by Crippen LogP contribution is -1.92. The van der Waals surface area contributed by atoms with Crippen LogP contribution in [-0.4, -0.2) is 15.2 Å². The third-order valence-electron chi connectivity index (χ3n) is 3.83. The molecule has 0 amide bonds. The van der Waals surface area contributed by atoms with Crippen molar-refractivity contribution < 1.29 is 4.39 Å². The molecule has 0 aliphatic rings. The van der Waals surface area contributed by atoms with Crippen molar-refractivity contribution in [3.8, 4) is 11.3 Å².